The molecular formula is C19H27N5O. The Kier molecular flexibility index (Phi) is 5.71. The van der Waals surface area contributed by atoms with Crippen LogP contribution in [0.3, 0.4) is 0 Å². The Morgan fingerprint density at radius 3 is 2.80 bits per heavy atom. The number of amides is 2. The van der Waals surface area contributed by atoms with Gasteiger partial charge in [0, 0.05) is 45.5 Å². The lowest BCUT2D eigenvalue weighted by molar-refractivity contribution is 0.176. The van der Waals surface area contributed by atoms with Crippen LogP contribution < -0.4 is 5.32 Å². The second kappa shape index (κ2) is 8.16. The molecule has 0 unspecified atom stereocenters. The van der Waals surface area contributed by atoms with E-state index in [4.69, 9.17) is 0 Å². The average molecular weight is 341 g/mol. The molecular weight excluding hydrogens is 314 g/mol. The van der Waals surface area contributed by atoms with Gasteiger partial charge in [-0.2, -0.15) is 5.10 Å². The highest BCUT2D eigenvalue weighted by Crippen LogP contribution is 2.18. The molecule has 2 aromatic rings. The number of nitrogens with zero attached hydrogens (tertiary/aromatic N) is 4. The number of likely N-dealkylation sites (N-methyl/N-ethyl adjacent to an activating group) is 1. The second-order valence-electron chi connectivity index (χ2n) is 6.55. The number of aryl methyl sites for hydroxylation is 1. The quantitative estimate of drug-likeness (QED) is 0.877. The number of likely N-dealkylation sites (tertiary alicyclic amines) is 1. The molecule has 25 heavy (non-hydrogen) atoms. The lowest BCUT2D eigenvalue weighted by Gasteiger charge is -2.28. The third kappa shape index (κ3) is 4.39. The fourth-order valence-corrected chi connectivity index (χ4v) is 3.46. The van der Waals surface area contributed by atoms with Crippen molar-refractivity contribution in [2.75, 3.05) is 19.6 Å². The van der Waals surface area contributed by atoms with E-state index in [1.165, 1.54) is 5.56 Å². The van der Waals surface area contributed by atoms with E-state index in [-0.39, 0.29) is 12.1 Å². The molecule has 0 saturated carbocycles. The van der Waals surface area contributed by atoms with E-state index < -0.39 is 0 Å². The zero-order chi connectivity index (χ0) is 17.6. The summed E-state index contributed by atoms with van der Waals surface area (Å²) >= 11 is 0. The summed E-state index contributed by atoms with van der Waals surface area (Å²) in [6.07, 6.45) is 2.78. The molecule has 1 atom stereocenters. The van der Waals surface area contributed by atoms with Crippen LogP contribution in [-0.4, -0.2) is 51.3 Å². The van der Waals surface area contributed by atoms with E-state index in [1.807, 2.05) is 31.0 Å². The monoisotopic (exact) mass is 341 g/mol. The maximum absolute atomic E-state index is 12.6. The lowest BCUT2D eigenvalue weighted by Crippen LogP contribution is -2.47. The van der Waals surface area contributed by atoms with Crippen LogP contribution >= 0.6 is 0 Å². The van der Waals surface area contributed by atoms with E-state index in [2.05, 4.69) is 39.6 Å². The zero-order valence-electron chi connectivity index (χ0n) is 15.1. The first-order valence-electron chi connectivity index (χ1n) is 8.95. The molecule has 6 nitrogen and oxygen atoms in total. The summed E-state index contributed by atoms with van der Waals surface area (Å²) in [5.41, 5.74) is 2.33. The molecule has 1 fully saturated rings. The van der Waals surface area contributed by atoms with Crippen molar-refractivity contribution in [3.63, 3.8) is 0 Å². The Labute approximate surface area is 149 Å². The van der Waals surface area contributed by atoms with Crippen molar-refractivity contribution in [2.45, 2.75) is 32.5 Å². The first-order valence-corrected chi connectivity index (χ1v) is 8.95. The normalized spacial score (nSPS) is 17.6. The predicted octanol–water partition coefficient (Wildman–Crippen LogP) is 2.23. The minimum absolute atomic E-state index is 0.00950. The number of rotatable bonds is 6. The van der Waals surface area contributed by atoms with Gasteiger partial charge in [-0.1, -0.05) is 30.3 Å². The fourth-order valence-electron chi connectivity index (χ4n) is 3.46. The molecule has 3 rings (SSSR count). The first-order chi connectivity index (χ1) is 12.2. The van der Waals surface area contributed by atoms with Crippen LogP contribution in [0.25, 0.3) is 0 Å². The number of benzene rings is 1. The SMILES string of the molecule is CCN(C(=O)NCc1ccnn1C)[C@H]1CCN(Cc2ccccc2)C1. The number of aromatic nitrogens is 2. The van der Waals surface area contributed by atoms with Crippen molar-refractivity contribution in [3.8, 4) is 0 Å². The summed E-state index contributed by atoms with van der Waals surface area (Å²) in [6, 6.07) is 12.7. The van der Waals surface area contributed by atoms with Crippen LogP contribution in [0, 0.1) is 0 Å². The second-order valence-corrected chi connectivity index (χ2v) is 6.55. The number of nitrogens with one attached hydrogen (secondary N) is 1. The van der Waals surface area contributed by atoms with Crippen LogP contribution in [0.4, 0.5) is 4.79 Å². The average Bonchev–Trinajstić information content (AvgIpc) is 3.24. The van der Waals surface area contributed by atoms with Crippen LogP contribution in [0.1, 0.15) is 24.6 Å². The Balaban J connectivity index is 1.52. The van der Waals surface area contributed by atoms with Crippen molar-refractivity contribution < 1.29 is 4.79 Å². The highest BCUT2D eigenvalue weighted by atomic mass is 16.2. The molecule has 1 N–H and O–H groups in total. The number of hydrogen-bond acceptors (Lipinski definition) is 3. The third-order valence-corrected chi connectivity index (χ3v) is 4.88. The van der Waals surface area contributed by atoms with E-state index >= 15 is 0 Å². The summed E-state index contributed by atoms with van der Waals surface area (Å²) in [7, 11) is 1.89. The van der Waals surface area contributed by atoms with Gasteiger partial charge in [0.1, 0.15) is 0 Å². The summed E-state index contributed by atoms with van der Waals surface area (Å²) in [6.45, 7) is 6.19. The van der Waals surface area contributed by atoms with Gasteiger partial charge < -0.3 is 10.2 Å². The standard InChI is InChI=1S/C19H27N5O/c1-3-24(19(25)20-13-17-9-11-21-22(17)2)18-10-12-23(15-18)14-16-7-5-4-6-8-16/h4-9,11,18H,3,10,12-15H2,1-2H3,(H,20,25)/t18-/m0/s1. The molecule has 0 spiro atoms. The molecule has 1 aromatic heterocycles. The summed E-state index contributed by atoms with van der Waals surface area (Å²) in [5.74, 6) is 0. The molecule has 0 radical (unpaired) electrons. The Morgan fingerprint density at radius 1 is 1.32 bits per heavy atom. The highest BCUT2D eigenvalue weighted by Gasteiger charge is 2.29. The van der Waals surface area contributed by atoms with Gasteiger partial charge in [-0.05, 0) is 25.0 Å². The van der Waals surface area contributed by atoms with Gasteiger partial charge in [0.25, 0.3) is 0 Å². The predicted molar refractivity (Wildman–Crippen MR) is 97.9 cm³/mol. The van der Waals surface area contributed by atoms with E-state index in [1.54, 1.807) is 10.9 Å². The van der Waals surface area contributed by atoms with Crippen molar-refractivity contribution in [1.82, 2.24) is 24.9 Å². The van der Waals surface area contributed by atoms with E-state index in [9.17, 15) is 4.79 Å². The minimum atomic E-state index is 0.00950. The van der Waals surface area contributed by atoms with Crippen LogP contribution in [-0.2, 0) is 20.1 Å². The van der Waals surface area contributed by atoms with Crippen LogP contribution in [0.5, 0.6) is 0 Å². The van der Waals surface area contributed by atoms with Gasteiger partial charge in [0.2, 0.25) is 0 Å². The van der Waals surface area contributed by atoms with Crippen molar-refractivity contribution >= 4 is 6.03 Å². The zero-order valence-corrected chi connectivity index (χ0v) is 15.1. The molecule has 1 aromatic carbocycles. The Bertz CT molecular complexity index is 684. The molecule has 6 heteroatoms. The highest BCUT2D eigenvalue weighted by molar-refractivity contribution is 5.74. The minimum Gasteiger partial charge on any atom is -0.332 e. The molecule has 1 aliphatic heterocycles. The molecule has 1 aliphatic rings. The fraction of sp³-hybridized carbons (Fsp3) is 0.474. The van der Waals surface area contributed by atoms with Crippen molar-refractivity contribution in [3.05, 3.63) is 53.9 Å². The van der Waals surface area contributed by atoms with Gasteiger partial charge >= 0.3 is 6.03 Å². The summed E-state index contributed by atoms with van der Waals surface area (Å²) < 4.78 is 1.79. The van der Waals surface area contributed by atoms with Gasteiger partial charge in [0.05, 0.1) is 12.2 Å². The Hall–Kier alpha value is -2.34. The number of urea groups is 1. The smallest absolute Gasteiger partial charge is 0.318 e. The van der Waals surface area contributed by atoms with Gasteiger partial charge in [-0.25, -0.2) is 4.79 Å². The lowest BCUT2D eigenvalue weighted by atomic mass is 10.2. The summed E-state index contributed by atoms with van der Waals surface area (Å²) in [4.78, 5) is 17.0. The van der Waals surface area contributed by atoms with Crippen molar-refractivity contribution in [1.29, 1.82) is 0 Å². The number of carbonyl (C=O) groups excluding carboxylic acids is 1. The molecule has 0 aliphatic carbocycles. The number of hydrogen-bond donors (Lipinski definition) is 1. The summed E-state index contributed by atoms with van der Waals surface area (Å²) in [5, 5.41) is 7.16. The van der Waals surface area contributed by atoms with Gasteiger partial charge in [-0.15, -0.1) is 0 Å². The molecule has 2 heterocycles. The maximum atomic E-state index is 12.6. The van der Waals surface area contributed by atoms with Crippen molar-refractivity contribution in [2.24, 2.45) is 7.05 Å². The topological polar surface area (TPSA) is 53.4 Å². The molecule has 0 bridgehead atoms. The van der Waals surface area contributed by atoms with Crippen LogP contribution in [0.2, 0.25) is 0 Å². The largest absolute Gasteiger partial charge is 0.332 e. The van der Waals surface area contributed by atoms with Crippen LogP contribution in [0.15, 0.2) is 42.6 Å². The van der Waals surface area contributed by atoms with Gasteiger partial charge in [-0.3, -0.25) is 9.58 Å². The van der Waals surface area contributed by atoms with Gasteiger partial charge in [0.15, 0.2) is 0 Å². The molecule has 134 valence electrons. The molecule has 1 saturated heterocycles. The van der Waals surface area contributed by atoms with E-state index in [0.29, 0.717) is 6.54 Å². The number of carbonyl (C=O) groups is 1. The third-order valence-electron chi connectivity index (χ3n) is 4.88. The van der Waals surface area contributed by atoms with E-state index in [0.717, 1.165) is 38.3 Å². The molecule has 2 amide bonds. The first kappa shape index (κ1) is 17.5. The Morgan fingerprint density at radius 2 is 2.12 bits per heavy atom. The maximum Gasteiger partial charge on any atom is 0.318 e.